The summed E-state index contributed by atoms with van der Waals surface area (Å²) in [5.41, 5.74) is 4.96. The summed E-state index contributed by atoms with van der Waals surface area (Å²) in [7, 11) is 0. The summed E-state index contributed by atoms with van der Waals surface area (Å²) in [6.07, 6.45) is 11.5. The van der Waals surface area contributed by atoms with Crippen LogP contribution < -0.4 is 5.32 Å². The molecule has 2 nitrogen and oxygen atoms in total. The maximum atomic E-state index is 6.42. The lowest BCUT2D eigenvalue weighted by molar-refractivity contribution is 0.422. The SMILES string of the molecule is C/C=C/C(C)=C/N(Cc1ccc(C)cc1Cl)C1=CCNCC1.C=CC.CC. The second kappa shape index (κ2) is 15.3. The predicted octanol–water partition coefficient (Wildman–Crippen LogP) is 7.03. The van der Waals surface area contributed by atoms with E-state index < -0.39 is 0 Å². The number of aryl methyl sites for hydroxylation is 1. The summed E-state index contributed by atoms with van der Waals surface area (Å²) in [4.78, 5) is 2.33. The molecule has 1 aliphatic rings. The van der Waals surface area contributed by atoms with Gasteiger partial charge < -0.3 is 10.2 Å². The first-order valence-corrected chi connectivity index (χ1v) is 10.2. The molecule has 1 aromatic rings. The van der Waals surface area contributed by atoms with Crippen LogP contribution in [0.4, 0.5) is 0 Å². The molecule has 2 rings (SSSR count). The topological polar surface area (TPSA) is 15.3 Å². The Kier molecular flexibility index (Phi) is 14.3. The molecule has 3 heteroatoms. The number of hydrogen-bond acceptors (Lipinski definition) is 2. The Labute approximate surface area is 172 Å². The zero-order valence-corrected chi connectivity index (χ0v) is 18.7. The van der Waals surface area contributed by atoms with Gasteiger partial charge in [0.1, 0.15) is 0 Å². The van der Waals surface area contributed by atoms with Crippen molar-refractivity contribution >= 4 is 11.6 Å². The largest absolute Gasteiger partial charge is 0.347 e. The molecule has 1 aromatic carbocycles. The summed E-state index contributed by atoms with van der Waals surface area (Å²) in [6.45, 7) is 18.3. The van der Waals surface area contributed by atoms with Gasteiger partial charge in [0, 0.05) is 36.6 Å². The lowest BCUT2D eigenvalue weighted by Crippen LogP contribution is -2.27. The first kappa shape index (κ1) is 25.2. The zero-order chi connectivity index (χ0) is 20.7. The lowest BCUT2D eigenvalue weighted by Gasteiger charge is -2.28. The summed E-state index contributed by atoms with van der Waals surface area (Å²) >= 11 is 6.42. The van der Waals surface area contributed by atoms with E-state index in [-0.39, 0.29) is 0 Å². The lowest BCUT2D eigenvalue weighted by atomic mass is 10.1. The maximum Gasteiger partial charge on any atom is 0.0487 e. The van der Waals surface area contributed by atoms with Crippen molar-refractivity contribution in [2.75, 3.05) is 13.1 Å². The quantitative estimate of drug-likeness (QED) is 0.430. The van der Waals surface area contributed by atoms with Gasteiger partial charge in [0.05, 0.1) is 0 Å². The van der Waals surface area contributed by atoms with E-state index in [0.29, 0.717) is 0 Å². The zero-order valence-electron chi connectivity index (χ0n) is 18.0. The smallest absolute Gasteiger partial charge is 0.0487 e. The van der Waals surface area contributed by atoms with E-state index in [1.807, 2.05) is 33.8 Å². The van der Waals surface area contributed by atoms with Crippen LogP contribution in [0.25, 0.3) is 0 Å². The van der Waals surface area contributed by atoms with Crippen LogP contribution in [-0.4, -0.2) is 18.0 Å². The molecule has 0 saturated heterocycles. The van der Waals surface area contributed by atoms with E-state index in [9.17, 15) is 0 Å². The van der Waals surface area contributed by atoms with Crippen LogP contribution in [0.15, 0.2) is 66.6 Å². The summed E-state index contributed by atoms with van der Waals surface area (Å²) < 4.78 is 0. The van der Waals surface area contributed by atoms with Gasteiger partial charge in [-0.05, 0) is 56.9 Å². The van der Waals surface area contributed by atoms with Crippen molar-refractivity contribution in [2.24, 2.45) is 0 Å². The van der Waals surface area contributed by atoms with E-state index in [0.717, 1.165) is 36.6 Å². The monoisotopic (exact) mass is 388 g/mol. The Morgan fingerprint density at radius 3 is 2.48 bits per heavy atom. The van der Waals surface area contributed by atoms with Crippen molar-refractivity contribution in [1.82, 2.24) is 10.2 Å². The molecule has 150 valence electrons. The van der Waals surface area contributed by atoms with Gasteiger partial charge in [-0.1, -0.05) is 61.9 Å². The number of nitrogens with zero attached hydrogens (tertiary/aromatic N) is 1. The molecule has 0 aromatic heterocycles. The molecule has 1 aliphatic heterocycles. The van der Waals surface area contributed by atoms with Crippen LogP contribution in [-0.2, 0) is 6.54 Å². The van der Waals surface area contributed by atoms with Crippen molar-refractivity contribution in [3.63, 3.8) is 0 Å². The van der Waals surface area contributed by atoms with Gasteiger partial charge in [-0.2, -0.15) is 0 Å². The van der Waals surface area contributed by atoms with Crippen LogP contribution in [0, 0.1) is 6.92 Å². The molecule has 0 radical (unpaired) electrons. The molecule has 1 heterocycles. The fourth-order valence-corrected chi connectivity index (χ4v) is 2.91. The molecule has 0 aliphatic carbocycles. The average molecular weight is 389 g/mol. The van der Waals surface area contributed by atoms with Gasteiger partial charge in [-0.15, -0.1) is 6.58 Å². The van der Waals surface area contributed by atoms with Gasteiger partial charge in [0.25, 0.3) is 0 Å². The minimum absolute atomic E-state index is 0.805. The van der Waals surface area contributed by atoms with E-state index in [1.165, 1.54) is 16.8 Å². The van der Waals surface area contributed by atoms with Crippen molar-refractivity contribution in [3.8, 4) is 0 Å². The van der Waals surface area contributed by atoms with E-state index in [4.69, 9.17) is 11.6 Å². The van der Waals surface area contributed by atoms with Crippen LogP contribution in [0.1, 0.15) is 52.2 Å². The second-order valence-electron chi connectivity index (χ2n) is 6.15. The number of halogens is 1. The van der Waals surface area contributed by atoms with Crippen LogP contribution in [0.5, 0.6) is 0 Å². The maximum absolute atomic E-state index is 6.42. The second-order valence-corrected chi connectivity index (χ2v) is 6.56. The molecule has 0 atom stereocenters. The van der Waals surface area contributed by atoms with Crippen molar-refractivity contribution in [3.05, 3.63) is 82.7 Å². The van der Waals surface area contributed by atoms with Crippen molar-refractivity contribution in [1.29, 1.82) is 0 Å². The molecule has 1 N–H and O–H groups in total. The Bertz CT molecular complexity index is 642. The predicted molar refractivity (Wildman–Crippen MR) is 123 cm³/mol. The molecule has 0 spiro atoms. The van der Waals surface area contributed by atoms with Gasteiger partial charge in [0.2, 0.25) is 0 Å². The van der Waals surface area contributed by atoms with E-state index in [1.54, 1.807) is 6.08 Å². The number of rotatable bonds is 5. The average Bonchev–Trinajstić information content (AvgIpc) is 2.66. The van der Waals surface area contributed by atoms with Gasteiger partial charge in [-0.25, -0.2) is 0 Å². The minimum Gasteiger partial charge on any atom is -0.347 e. The fraction of sp³-hybridized carbons (Fsp3) is 0.417. The van der Waals surface area contributed by atoms with Crippen LogP contribution >= 0.6 is 11.6 Å². The number of nitrogens with one attached hydrogen (secondary N) is 1. The normalized spacial score (nSPS) is 13.7. The molecule has 0 bridgehead atoms. The Hall–Kier alpha value is -1.77. The van der Waals surface area contributed by atoms with Crippen molar-refractivity contribution < 1.29 is 0 Å². The molecule has 0 amide bonds. The highest BCUT2D eigenvalue weighted by Gasteiger charge is 2.12. The highest BCUT2D eigenvalue weighted by atomic mass is 35.5. The first-order valence-electron chi connectivity index (χ1n) is 9.81. The molecular formula is C24H37ClN2. The number of hydrogen-bond donors (Lipinski definition) is 1. The third-order valence-electron chi connectivity index (χ3n) is 3.75. The standard InChI is InChI=1S/C19H25ClN2.C3H6.C2H6/c1-4-5-16(3)13-22(18-8-10-21-11-9-18)14-17-7-6-15(2)12-19(17)20;1-3-2;1-2/h4-8,12-13,21H,9-11,14H2,1-3H3;3H,1H2,2H3;1-2H3/b5-4+,16-13+;;. The highest BCUT2D eigenvalue weighted by Crippen LogP contribution is 2.23. The van der Waals surface area contributed by atoms with Crippen molar-refractivity contribution in [2.45, 2.75) is 54.5 Å². The van der Waals surface area contributed by atoms with Gasteiger partial charge >= 0.3 is 0 Å². The summed E-state index contributed by atoms with van der Waals surface area (Å²) in [5.74, 6) is 0. The molecule has 0 saturated carbocycles. The Balaban J connectivity index is 0.00000123. The highest BCUT2D eigenvalue weighted by molar-refractivity contribution is 6.31. The molecule has 27 heavy (non-hydrogen) atoms. The van der Waals surface area contributed by atoms with Crippen LogP contribution in [0.3, 0.4) is 0 Å². The first-order chi connectivity index (χ1) is 13.0. The Morgan fingerprint density at radius 1 is 1.30 bits per heavy atom. The Morgan fingerprint density at radius 2 is 1.96 bits per heavy atom. The number of benzene rings is 1. The van der Waals surface area contributed by atoms with Gasteiger partial charge in [-0.3, -0.25) is 0 Å². The number of allylic oxidation sites excluding steroid dienone is 4. The molecule has 0 fully saturated rings. The summed E-state index contributed by atoms with van der Waals surface area (Å²) in [5, 5.41) is 4.21. The summed E-state index contributed by atoms with van der Waals surface area (Å²) in [6, 6.07) is 6.29. The van der Waals surface area contributed by atoms with E-state index >= 15 is 0 Å². The van der Waals surface area contributed by atoms with E-state index in [2.05, 4.69) is 67.2 Å². The van der Waals surface area contributed by atoms with Crippen LogP contribution in [0.2, 0.25) is 5.02 Å². The molecule has 0 unspecified atom stereocenters. The molecular weight excluding hydrogens is 352 g/mol. The minimum atomic E-state index is 0.805. The third kappa shape index (κ3) is 10.2. The third-order valence-corrected chi connectivity index (χ3v) is 4.10. The van der Waals surface area contributed by atoms with Gasteiger partial charge in [0.15, 0.2) is 0 Å². The fourth-order valence-electron chi connectivity index (χ4n) is 2.62.